The third kappa shape index (κ3) is 2.83. The Morgan fingerprint density at radius 2 is 2.29 bits per heavy atom. The highest BCUT2D eigenvalue weighted by atomic mass is 32.2. The van der Waals surface area contributed by atoms with Crippen LogP contribution in [0, 0.1) is 0 Å². The molecule has 0 aliphatic heterocycles. The number of rotatable bonds is 6. The van der Waals surface area contributed by atoms with Gasteiger partial charge in [0.2, 0.25) is 10.0 Å². The van der Waals surface area contributed by atoms with E-state index in [2.05, 4.69) is 14.7 Å². The van der Waals surface area contributed by atoms with E-state index in [9.17, 15) is 13.2 Å². The molecule has 3 N–H and O–H groups in total. The lowest BCUT2D eigenvalue weighted by atomic mass is 10.4. The molecule has 2 aromatic heterocycles. The van der Waals surface area contributed by atoms with Crippen LogP contribution in [0.25, 0.3) is 0 Å². The van der Waals surface area contributed by atoms with E-state index in [0.717, 1.165) is 12.8 Å². The first-order chi connectivity index (χ1) is 9.97. The molecule has 1 aliphatic rings. The molecular weight excluding hydrogens is 296 g/mol. The number of carbonyl (C=O) groups is 1. The van der Waals surface area contributed by atoms with Gasteiger partial charge in [-0.25, -0.2) is 22.9 Å². The second kappa shape index (κ2) is 5.01. The summed E-state index contributed by atoms with van der Waals surface area (Å²) in [5, 5.41) is 9.15. The topological polar surface area (TPSA) is 117 Å². The van der Waals surface area contributed by atoms with Crippen LogP contribution in [0.15, 0.2) is 29.6 Å². The van der Waals surface area contributed by atoms with Crippen molar-refractivity contribution < 1.29 is 18.3 Å². The van der Waals surface area contributed by atoms with Crippen molar-refractivity contribution in [1.82, 2.24) is 19.3 Å². The Balaban J connectivity index is 1.84. The highest BCUT2D eigenvalue weighted by Crippen LogP contribution is 2.37. The molecule has 0 saturated heterocycles. The zero-order valence-corrected chi connectivity index (χ0v) is 11.8. The SMILES string of the molecule is O=C(O)c1cc(S(=O)(=O)NCc2ncc[nH]2)cn1C1CC1. The van der Waals surface area contributed by atoms with Gasteiger partial charge in [0.25, 0.3) is 0 Å². The standard InChI is InChI=1S/C12H14N4O4S/c17-12(18)10-5-9(7-16(10)8-1-2-8)21(19,20)15-6-11-13-3-4-14-11/h3-5,7-8,15H,1-2,6H2,(H,13,14)(H,17,18). The van der Waals surface area contributed by atoms with Crippen LogP contribution >= 0.6 is 0 Å². The molecule has 1 fully saturated rings. The predicted molar refractivity (Wildman–Crippen MR) is 72.3 cm³/mol. The molecule has 3 rings (SSSR count). The molecule has 0 aromatic carbocycles. The normalized spacial score (nSPS) is 15.2. The molecule has 0 amide bonds. The van der Waals surface area contributed by atoms with Gasteiger partial charge >= 0.3 is 5.97 Å². The summed E-state index contributed by atoms with van der Waals surface area (Å²) in [5.41, 5.74) is -0.00382. The lowest BCUT2D eigenvalue weighted by molar-refractivity contribution is 0.0685. The number of hydrogen-bond acceptors (Lipinski definition) is 4. The molecule has 0 atom stereocenters. The van der Waals surface area contributed by atoms with Crippen molar-refractivity contribution in [2.24, 2.45) is 0 Å². The van der Waals surface area contributed by atoms with Gasteiger partial charge in [-0.05, 0) is 18.9 Å². The van der Waals surface area contributed by atoms with Gasteiger partial charge in [0.15, 0.2) is 0 Å². The molecule has 2 heterocycles. The minimum Gasteiger partial charge on any atom is -0.477 e. The number of aromatic nitrogens is 3. The molecule has 21 heavy (non-hydrogen) atoms. The maximum atomic E-state index is 12.2. The number of nitrogens with one attached hydrogen (secondary N) is 2. The summed E-state index contributed by atoms with van der Waals surface area (Å²) in [6.07, 6.45) is 6.24. The summed E-state index contributed by atoms with van der Waals surface area (Å²) in [6, 6.07) is 1.27. The third-order valence-corrected chi connectivity index (χ3v) is 4.65. The number of imidazole rings is 1. The van der Waals surface area contributed by atoms with Crippen molar-refractivity contribution in [1.29, 1.82) is 0 Å². The van der Waals surface area contributed by atoms with Crippen molar-refractivity contribution >= 4 is 16.0 Å². The summed E-state index contributed by atoms with van der Waals surface area (Å²) in [7, 11) is -3.77. The summed E-state index contributed by atoms with van der Waals surface area (Å²) >= 11 is 0. The Morgan fingerprint density at radius 3 is 2.86 bits per heavy atom. The molecule has 0 unspecified atom stereocenters. The highest BCUT2D eigenvalue weighted by Gasteiger charge is 2.30. The quantitative estimate of drug-likeness (QED) is 0.727. The summed E-state index contributed by atoms with van der Waals surface area (Å²) in [4.78, 5) is 17.9. The van der Waals surface area contributed by atoms with Crippen molar-refractivity contribution in [3.63, 3.8) is 0 Å². The van der Waals surface area contributed by atoms with Crippen molar-refractivity contribution in [2.75, 3.05) is 0 Å². The number of aromatic amines is 1. The number of carboxylic acids is 1. The van der Waals surface area contributed by atoms with Crippen LogP contribution in [0.2, 0.25) is 0 Å². The molecule has 8 nitrogen and oxygen atoms in total. The predicted octanol–water partition coefficient (Wildman–Crippen LogP) is 0.723. The molecule has 112 valence electrons. The maximum absolute atomic E-state index is 12.2. The Bertz CT molecular complexity index is 759. The lowest BCUT2D eigenvalue weighted by Gasteiger charge is -2.03. The van der Waals surface area contributed by atoms with Gasteiger partial charge < -0.3 is 14.7 Å². The van der Waals surface area contributed by atoms with Gasteiger partial charge in [-0.2, -0.15) is 0 Å². The van der Waals surface area contributed by atoms with Crippen LogP contribution in [0.5, 0.6) is 0 Å². The van der Waals surface area contributed by atoms with Crippen LogP contribution in [-0.2, 0) is 16.6 Å². The molecule has 2 aromatic rings. The fraction of sp³-hybridized carbons (Fsp3) is 0.333. The smallest absolute Gasteiger partial charge is 0.352 e. The van der Waals surface area contributed by atoms with E-state index in [1.54, 1.807) is 6.20 Å². The summed E-state index contributed by atoms with van der Waals surface area (Å²) in [6.45, 7) is 0.0202. The number of H-pyrrole nitrogens is 1. The molecule has 0 radical (unpaired) electrons. The van der Waals surface area contributed by atoms with Gasteiger partial charge in [-0.1, -0.05) is 0 Å². The first-order valence-corrected chi connectivity index (χ1v) is 7.89. The Morgan fingerprint density at radius 1 is 1.52 bits per heavy atom. The van der Waals surface area contributed by atoms with Gasteiger partial charge in [0, 0.05) is 24.6 Å². The minimum absolute atomic E-state index is 0.00382. The molecule has 1 aliphatic carbocycles. The van der Waals surface area contributed by atoms with Crippen LogP contribution in [0.4, 0.5) is 0 Å². The maximum Gasteiger partial charge on any atom is 0.352 e. The van der Waals surface area contributed by atoms with Crippen LogP contribution in [0.3, 0.4) is 0 Å². The van der Waals surface area contributed by atoms with Crippen LogP contribution in [0.1, 0.15) is 35.2 Å². The van der Waals surface area contributed by atoms with E-state index < -0.39 is 16.0 Å². The fourth-order valence-electron chi connectivity index (χ4n) is 2.07. The van der Waals surface area contributed by atoms with Gasteiger partial charge in [-0.15, -0.1) is 0 Å². The first kappa shape index (κ1) is 13.8. The number of nitrogens with zero attached hydrogens (tertiary/aromatic N) is 2. The van der Waals surface area contributed by atoms with E-state index in [1.165, 1.54) is 23.0 Å². The van der Waals surface area contributed by atoms with Gasteiger partial charge in [-0.3, -0.25) is 0 Å². The third-order valence-electron chi connectivity index (χ3n) is 3.28. The average Bonchev–Trinajstić information content (AvgIpc) is 2.97. The lowest BCUT2D eigenvalue weighted by Crippen LogP contribution is -2.23. The summed E-state index contributed by atoms with van der Waals surface area (Å²) < 4.78 is 28.3. The first-order valence-electron chi connectivity index (χ1n) is 6.40. The minimum atomic E-state index is -3.77. The number of aromatic carboxylic acids is 1. The van der Waals surface area contributed by atoms with Crippen molar-refractivity contribution in [2.45, 2.75) is 30.3 Å². The molecule has 9 heteroatoms. The number of hydrogen-bond donors (Lipinski definition) is 3. The highest BCUT2D eigenvalue weighted by molar-refractivity contribution is 7.89. The second-order valence-electron chi connectivity index (χ2n) is 4.87. The van der Waals surface area contributed by atoms with Crippen molar-refractivity contribution in [3.8, 4) is 0 Å². The zero-order valence-electron chi connectivity index (χ0n) is 11.0. The zero-order chi connectivity index (χ0) is 15.0. The fourth-order valence-corrected chi connectivity index (χ4v) is 3.08. The monoisotopic (exact) mass is 310 g/mol. The number of carboxylic acid groups (broad SMARTS) is 1. The van der Waals surface area contributed by atoms with Crippen molar-refractivity contribution in [3.05, 3.63) is 36.2 Å². The van der Waals surface area contributed by atoms with Gasteiger partial charge in [0.1, 0.15) is 16.4 Å². The Labute approximate surface area is 120 Å². The van der Waals surface area contributed by atoms with E-state index in [4.69, 9.17) is 5.11 Å². The van der Waals surface area contributed by atoms with Crippen LogP contribution < -0.4 is 4.72 Å². The Kier molecular flexibility index (Phi) is 3.30. The van der Waals surface area contributed by atoms with E-state index in [-0.39, 0.29) is 23.2 Å². The average molecular weight is 310 g/mol. The van der Waals surface area contributed by atoms with E-state index >= 15 is 0 Å². The van der Waals surface area contributed by atoms with E-state index in [0.29, 0.717) is 5.82 Å². The Hall–Kier alpha value is -2.13. The summed E-state index contributed by atoms with van der Waals surface area (Å²) in [5.74, 6) is -0.645. The largest absolute Gasteiger partial charge is 0.477 e. The molecule has 0 spiro atoms. The number of sulfonamides is 1. The van der Waals surface area contributed by atoms with Gasteiger partial charge in [0.05, 0.1) is 6.54 Å². The molecule has 0 bridgehead atoms. The molecule has 1 saturated carbocycles. The second-order valence-corrected chi connectivity index (χ2v) is 6.63. The molecular formula is C12H14N4O4S. The van der Waals surface area contributed by atoms with E-state index in [1.807, 2.05) is 0 Å². The van der Waals surface area contributed by atoms with Crippen LogP contribution in [-0.4, -0.2) is 34.0 Å².